The van der Waals surface area contributed by atoms with Crippen molar-refractivity contribution in [2.75, 3.05) is 5.75 Å². The van der Waals surface area contributed by atoms with Gasteiger partial charge in [0.15, 0.2) is 4.71 Å². The van der Waals surface area contributed by atoms with E-state index in [1.807, 2.05) is 0 Å². The fraction of sp³-hybridized carbons (Fsp3) is 0.600. The molecule has 0 aromatic carbocycles. The molecule has 1 amide bonds. The second-order valence-corrected chi connectivity index (χ2v) is 3.85. The fourth-order valence-electron chi connectivity index (χ4n) is 0.635. The largest absolute Gasteiger partial charge is 0.337 e. The van der Waals surface area contributed by atoms with E-state index in [9.17, 15) is 9.59 Å². The monoisotopic (exact) mass is 193 g/mol. The number of carbonyl (C=O) groups is 2. The zero-order valence-electron chi connectivity index (χ0n) is 5.81. The number of nitrogens with zero attached hydrogens (tertiary/aromatic N) is 1. The van der Waals surface area contributed by atoms with Crippen molar-refractivity contribution < 1.29 is 14.4 Å². The first-order chi connectivity index (χ1) is 5.11. The molecular formula is C5H7NO3S2. The minimum atomic E-state index is -0.500. The van der Waals surface area contributed by atoms with Gasteiger partial charge in [-0.2, -0.15) is 0 Å². The van der Waals surface area contributed by atoms with Crippen molar-refractivity contribution in [1.29, 1.82) is 0 Å². The minimum absolute atomic E-state index is 0.217. The Morgan fingerprint density at radius 1 is 1.91 bits per heavy atom. The summed E-state index contributed by atoms with van der Waals surface area (Å²) in [5.74, 6) is -0.397. The van der Waals surface area contributed by atoms with Crippen LogP contribution in [-0.2, 0) is 14.4 Å². The second kappa shape index (κ2) is 3.36. The molecule has 1 atom stereocenters. The number of thiol groups is 1. The van der Waals surface area contributed by atoms with Gasteiger partial charge < -0.3 is 4.84 Å². The van der Waals surface area contributed by atoms with Crippen LogP contribution in [0, 0.1) is 0 Å². The molecule has 0 N–H and O–H groups in total. The van der Waals surface area contributed by atoms with E-state index >= 15 is 0 Å². The third-order valence-electron chi connectivity index (χ3n) is 1.03. The van der Waals surface area contributed by atoms with Gasteiger partial charge in [0.2, 0.25) is 0 Å². The van der Waals surface area contributed by atoms with E-state index in [1.54, 1.807) is 0 Å². The zero-order chi connectivity index (χ0) is 8.43. The lowest BCUT2D eigenvalue weighted by Crippen LogP contribution is -2.31. The van der Waals surface area contributed by atoms with Gasteiger partial charge in [-0.05, 0) is 0 Å². The molecule has 1 unspecified atom stereocenters. The van der Waals surface area contributed by atoms with E-state index in [2.05, 4.69) is 17.5 Å². The highest BCUT2D eigenvalue weighted by molar-refractivity contribution is 8.11. The fourth-order valence-corrected chi connectivity index (χ4v) is 1.75. The van der Waals surface area contributed by atoms with Crippen molar-refractivity contribution in [3.8, 4) is 0 Å². The Morgan fingerprint density at radius 2 is 2.55 bits per heavy atom. The topological polar surface area (TPSA) is 46.6 Å². The Kier molecular flexibility index (Phi) is 2.67. The maximum Gasteiger partial charge on any atom is 0.329 e. The summed E-state index contributed by atoms with van der Waals surface area (Å²) in [4.78, 5) is 25.9. The number of hydrogen-bond acceptors (Lipinski definition) is 5. The first-order valence-electron chi connectivity index (χ1n) is 2.91. The molecule has 1 aliphatic rings. The number of carbonyl (C=O) groups excluding carboxylic acids is 2. The van der Waals surface area contributed by atoms with Gasteiger partial charge in [0.05, 0.1) is 5.75 Å². The maximum absolute atomic E-state index is 10.9. The average Bonchev–Trinajstić information content (AvgIpc) is 2.18. The molecular weight excluding hydrogens is 186 g/mol. The summed E-state index contributed by atoms with van der Waals surface area (Å²) in [5, 5.41) is 0.982. The van der Waals surface area contributed by atoms with Gasteiger partial charge in [-0.25, -0.2) is 0 Å². The molecule has 0 aromatic heterocycles. The summed E-state index contributed by atoms with van der Waals surface area (Å²) >= 11 is 5.33. The van der Waals surface area contributed by atoms with Gasteiger partial charge in [0.1, 0.15) is 0 Å². The quantitative estimate of drug-likeness (QED) is 0.606. The molecule has 0 spiro atoms. The summed E-state index contributed by atoms with van der Waals surface area (Å²) in [7, 11) is 0. The summed E-state index contributed by atoms with van der Waals surface area (Å²) in [6.45, 7) is 1.25. The Labute approximate surface area is 73.6 Å². The predicted octanol–water partition coefficient (Wildman–Crippen LogP) is 0.253. The predicted molar refractivity (Wildman–Crippen MR) is 43.8 cm³/mol. The third kappa shape index (κ3) is 2.03. The zero-order valence-corrected chi connectivity index (χ0v) is 7.52. The van der Waals surface area contributed by atoms with Crippen LogP contribution in [-0.4, -0.2) is 27.4 Å². The molecule has 62 valence electrons. The lowest BCUT2D eigenvalue weighted by molar-refractivity contribution is -0.190. The van der Waals surface area contributed by atoms with Gasteiger partial charge in [-0.15, -0.1) is 29.5 Å². The number of hydrogen-bond donors (Lipinski definition) is 1. The van der Waals surface area contributed by atoms with E-state index in [0.717, 1.165) is 5.06 Å². The van der Waals surface area contributed by atoms with Crippen LogP contribution in [0.3, 0.4) is 0 Å². The number of rotatable bonds is 1. The number of amides is 1. The van der Waals surface area contributed by atoms with E-state index < -0.39 is 5.97 Å². The summed E-state index contributed by atoms with van der Waals surface area (Å²) in [6, 6.07) is 0. The first-order valence-corrected chi connectivity index (χ1v) is 4.48. The molecule has 1 heterocycles. The van der Waals surface area contributed by atoms with Crippen molar-refractivity contribution in [1.82, 2.24) is 5.06 Å². The molecule has 1 saturated heterocycles. The van der Waals surface area contributed by atoms with E-state index in [-0.39, 0.29) is 10.6 Å². The van der Waals surface area contributed by atoms with E-state index in [4.69, 9.17) is 0 Å². The molecule has 0 saturated carbocycles. The van der Waals surface area contributed by atoms with Gasteiger partial charge in [-0.1, -0.05) is 0 Å². The van der Waals surface area contributed by atoms with Crippen LogP contribution in [0.5, 0.6) is 0 Å². The van der Waals surface area contributed by atoms with Gasteiger partial charge >= 0.3 is 5.97 Å². The summed E-state index contributed by atoms with van der Waals surface area (Å²) in [6.07, 6.45) is 0. The molecule has 11 heavy (non-hydrogen) atoms. The summed E-state index contributed by atoms with van der Waals surface area (Å²) < 4.78 is -0.355. The van der Waals surface area contributed by atoms with Gasteiger partial charge in [0.25, 0.3) is 5.91 Å². The standard InChI is InChI=1S/C5H7NO3S2/c1-3(7)9-6-4(8)2-11-5(6)10/h5,10H,2H2,1H3. The highest BCUT2D eigenvalue weighted by Gasteiger charge is 2.31. The van der Waals surface area contributed by atoms with Crippen molar-refractivity contribution in [2.45, 2.75) is 11.6 Å². The van der Waals surface area contributed by atoms with Crippen molar-refractivity contribution in [2.24, 2.45) is 0 Å². The molecule has 1 aliphatic heterocycles. The first kappa shape index (κ1) is 8.73. The smallest absolute Gasteiger partial charge is 0.329 e. The Bertz CT molecular complexity index is 196. The van der Waals surface area contributed by atoms with Gasteiger partial charge in [0, 0.05) is 6.92 Å². The average molecular weight is 193 g/mol. The molecule has 6 heteroatoms. The molecule has 0 aromatic rings. The molecule has 4 nitrogen and oxygen atoms in total. The highest BCUT2D eigenvalue weighted by atomic mass is 32.2. The van der Waals surface area contributed by atoms with E-state index in [1.165, 1.54) is 18.7 Å². The van der Waals surface area contributed by atoms with Crippen molar-refractivity contribution in [3.63, 3.8) is 0 Å². The lowest BCUT2D eigenvalue weighted by atomic mass is 10.7. The van der Waals surface area contributed by atoms with Crippen LogP contribution in [0.1, 0.15) is 6.92 Å². The Balaban J connectivity index is 2.54. The normalized spacial score (nSPS) is 24.0. The Morgan fingerprint density at radius 3 is 2.91 bits per heavy atom. The van der Waals surface area contributed by atoms with Crippen molar-refractivity contribution >= 4 is 36.3 Å². The maximum atomic E-state index is 10.9. The second-order valence-electron chi connectivity index (χ2n) is 1.94. The number of hydroxylamine groups is 2. The van der Waals surface area contributed by atoms with Crippen LogP contribution in [0.25, 0.3) is 0 Å². The van der Waals surface area contributed by atoms with Gasteiger partial charge in [-0.3, -0.25) is 9.59 Å². The van der Waals surface area contributed by atoms with Crippen LogP contribution >= 0.6 is 24.4 Å². The van der Waals surface area contributed by atoms with Crippen molar-refractivity contribution in [3.05, 3.63) is 0 Å². The molecule has 1 rings (SSSR count). The third-order valence-corrected chi connectivity index (χ3v) is 2.59. The minimum Gasteiger partial charge on any atom is -0.337 e. The van der Waals surface area contributed by atoms with Crippen LogP contribution < -0.4 is 0 Å². The molecule has 1 fully saturated rings. The molecule has 0 radical (unpaired) electrons. The highest BCUT2D eigenvalue weighted by Crippen LogP contribution is 2.27. The molecule has 0 aliphatic carbocycles. The SMILES string of the molecule is CC(=O)ON1C(=O)CSC1S. The van der Waals surface area contributed by atoms with Crippen LogP contribution in [0.2, 0.25) is 0 Å². The number of thioether (sulfide) groups is 1. The lowest BCUT2D eigenvalue weighted by Gasteiger charge is -2.16. The Hall–Kier alpha value is -0.360. The molecule has 0 bridgehead atoms. The summed E-state index contributed by atoms with van der Waals surface area (Å²) in [5.41, 5.74) is 0. The van der Waals surface area contributed by atoms with Crippen LogP contribution in [0.15, 0.2) is 0 Å². The van der Waals surface area contributed by atoms with Crippen LogP contribution in [0.4, 0.5) is 0 Å². The van der Waals surface area contributed by atoms with E-state index in [0.29, 0.717) is 5.75 Å².